The number of carbonyl (C=O) groups is 1. The largest absolute Gasteiger partial charge is 0.466 e. The van der Waals surface area contributed by atoms with Crippen molar-refractivity contribution < 1.29 is 14.3 Å². The number of morpholine rings is 1. The van der Waals surface area contributed by atoms with Crippen LogP contribution in [-0.2, 0) is 14.3 Å². The maximum atomic E-state index is 12.3. The van der Waals surface area contributed by atoms with E-state index in [4.69, 9.17) is 24.5 Å². The molecule has 0 N–H and O–H groups in total. The lowest BCUT2D eigenvalue weighted by Crippen LogP contribution is -2.36. The third-order valence-electron chi connectivity index (χ3n) is 10.1. The van der Waals surface area contributed by atoms with E-state index >= 15 is 0 Å². The van der Waals surface area contributed by atoms with E-state index in [0.717, 1.165) is 98.9 Å². The molecule has 9 heteroatoms. The van der Waals surface area contributed by atoms with Gasteiger partial charge in [-0.05, 0) is 62.9 Å². The molecule has 9 nitrogen and oxygen atoms in total. The minimum Gasteiger partial charge on any atom is -0.466 e. The topological polar surface area (TPSA) is 85.1 Å². The van der Waals surface area contributed by atoms with Crippen LogP contribution in [-0.4, -0.2) is 71.6 Å². The van der Waals surface area contributed by atoms with Crippen molar-refractivity contribution in [3.05, 3.63) is 84.3 Å². The van der Waals surface area contributed by atoms with Crippen LogP contribution in [0.15, 0.2) is 72.9 Å². The number of hydrogen-bond acceptors (Lipinski definition) is 8. The number of ether oxygens (including phenoxy) is 2. The molecule has 1 aliphatic carbocycles. The molecule has 0 atom stereocenters. The number of carbonyl (C=O) groups excluding carboxylic acids is 1. The van der Waals surface area contributed by atoms with Gasteiger partial charge in [0, 0.05) is 60.3 Å². The number of esters is 1. The van der Waals surface area contributed by atoms with Crippen molar-refractivity contribution in [3.63, 3.8) is 0 Å². The zero-order valence-corrected chi connectivity index (χ0v) is 26.3. The highest BCUT2D eigenvalue weighted by Crippen LogP contribution is 2.49. The Morgan fingerprint density at radius 2 is 1.65 bits per heavy atom. The number of nitrogens with zero attached hydrogens (tertiary/aromatic N) is 6. The average molecular weight is 617 g/mol. The molecule has 46 heavy (non-hydrogen) atoms. The summed E-state index contributed by atoms with van der Waals surface area (Å²) in [5.74, 6) is 0.684. The number of pyridine rings is 1. The third-order valence-corrected chi connectivity index (χ3v) is 10.1. The van der Waals surface area contributed by atoms with Crippen LogP contribution in [0.3, 0.4) is 0 Å². The van der Waals surface area contributed by atoms with Gasteiger partial charge in [-0.2, -0.15) is 5.10 Å². The Morgan fingerprint density at radius 3 is 2.43 bits per heavy atom. The molecule has 2 aliphatic heterocycles. The van der Waals surface area contributed by atoms with Gasteiger partial charge >= 0.3 is 5.97 Å². The molecule has 0 unspecified atom stereocenters. The molecule has 3 aliphatic rings. The maximum absolute atomic E-state index is 12.3. The minimum atomic E-state index is -0.0591. The Labute approximate surface area is 269 Å². The molecule has 0 radical (unpaired) electrons. The van der Waals surface area contributed by atoms with Crippen LogP contribution < -0.4 is 9.80 Å². The molecule has 5 heterocycles. The fraction of sp³-hybridized carbons (Fsp3) is 0.405. The SMILES string of the molecule is CCOC(=O)C1CCN(c2ccc(-c3c(C4CC(c5ccc6ccccc6n5)C4)nc4c(N5CCOCC5)ccnn34)cc2)CC1. The zero-order valence-electron chi connectivity index (χ0n) is 26.3. The van der Waals surface area contributed by atoms with Crippen LogP contribution in [0.4, 0.5) is 11.4 Å². The highest BCUT2D eigenvalue weighted by atomic mass is 16.5. The van der Waals surface area contributed by atoms with Gasteiger partial charge in [0.25, 0.3) is 0 Å². The van der Waals surface area contributed by atoms with Gasteiger partial charge in [-0.25, -0.2) is 9.50 Å². The van der Waals surface area contributed by atoms with Crippen molar-refractivity contribution >= 4 is 33.9 Å². The quantitative estimate of drug-likeness (QED) is 0.199. The summed E-state index contributed by atoms with van der Waals surface area (Å²) in [6.07, 6.45) is 5.57. The first kappa shape index (κ1) is 28.9. The second-order valence-electron chi connectivity index (χ2n) is 12.8. The maximum Gasteiger partial charge on any atom is 0.309 e. The van der Waals surface area contributed by atoms with Crippen LogP contribution in [0.5, 0.6) is 0 Å². The second kappa shape index (κ2) is 12.4. The molecule has 3 fully saturated rings. The Kier molecular flexibility index (Phi) is 7.78. The summed E-state index contributed by atoms with van der Waals surface area (Å²) >= 11 is 0. The third kappa shape index (κ3) is 5.36. The highest BCUT2D eigenvalue weighted by molar-refractivity contribution is 5.79. The molecule has 8 rings (SSSR count). The van der Waals surface area contributed by atoms with Crippen LogP contribution >= 0.6 is 0 Å². The summed E-state index contributed by atoms with van der Waals surface area (Å²) in [5.41, 5.74) is 8.73. The smallest absolute Gasteiger partial charge is 0.309 e. The van der Waals surface area contributed by atoms with Gasteiger partial charge in [-0.15, -0.1) is 0 Å². The summed E-state index contributed by atoms with van der Waals surface area (Å²) < 4.78 is 13.0. The van der Waals surface area contributed by atoms with E-state index in [1.807, 2.05) is 13.1 Å². The summed E-state index contributed by atoms with van der Waals surface area (Å²) in [7, 11) is 0. The Bertz CT molecular complexity index is 1850. The van der Waals surface area contributed by atoms with Gasteiger partial charge in [0.05, 0.1) is 54.5 Å². The lowest BCUT2D eigenvalue weighted by atomic mass is 9.71. The van der Waals surface area contributed by atoms with Gasteiger partial charge in [-0.1, -0.05) is 36.4 Å². The van der Waals surface area contributed by atoms with Gasteiger partial charge in [0.2, 0.25) is 0 Å². The van der Waals surface area contributed by atoms with Gasteiger partial charge in [-0.3, -0.25) is 9.78 Å². The predicted octanol–water partition coefficient (Wildman–Crippen LogP) is 6.22. The van der Waals surface area contributed by atoms with E-state index < -0.39 is 0 Å². The molecule has 0 amide bonds. The number of fused-ring (bicyclic) bond motifs is 2. The van der Waals surface area contributed by atoms with Crippen LogP contribution in [0.25, 0.3) is 27.8 Å². The minimum absolute atomic E-state index is 0.000893. The van der Waals surface area contributed by atoms with Crippen LogP contribution in [0, 0.1) is 5.92 Å². The molecular weight excluding hydrogens is 576 g/mol. The Balaban J connectivity index is 1.09. The predicted molar refractivity (Wildman–Crippen MR) is 179 cm³/mol. The highest BCUT2D eigenvalue weighted by Gasteiger charge is 2.37. The van der Waals surface area contributed by atoms with E-state index in [2.05, 4.69) is 81.0 Å². The summed E-state index contributed by atoms with van der Waals surface area (Å²) in [5, 5.41) is 6.05. The molecule has 3 aromatic heterocycles. The number of imidazole rings is 1. The van der Waals surface area contributed by atoms with E-state index in [0.29, 0.717) is 18.4 Å². The Hall–Kier alpha value is -4.50. The molecule has 5 aromatic rings. The number of rotatable bonds is 7. The first-order chi connectivity index (χ1) is 22.7. The molecule has 0 bridgehead atoms. The monoisotopic (exact) mass is 616 g/mol. The van der Waals surface area contributed by atoms with E-state index in [1.165, 1.54) is 16.8 Å². The number of benzene rings is 2. The summed E-state index contributed by atoms with van der Waals surface area (Å²) in [6, 6.07) is 23.7. The number of hydrogen-bond donors (Lipinski definition) is 0. The first-order valence-corrected chi connectivity index (χ1v) is 16.7. The molecular formula is C37H40N6O3. The van der Waals surface area contributed by atoms with Crippen LogP contribution in [0.1, 0.15) is 55.8 Å². The van der Waals surface area contributed by atoms with Crippen molar-refractivity contribution in [2.75, 3.05) is 55.8 Å². The second-order valence-corrected chi connectivity index (χ2v) is 12.8. The lowest BCUT2D eigenvalue weighted by Gasteiger charge is -2.34. The van der Waals surface area contributed by atoms with Gasteiger partial charge in [0.15, 0.2) is 5.65 Å². The average Bonchev–Trinajstić information content (AvgIpc) is 3.47. The van der Waals surface area contributed by atoms with Crippen LogP contribution in [0.2, 0.25) is 0 Å². The van der Waals surface area contributed by atoms with Gasteiger partial charge < -0.3 is 19.3 Å². The fourth-order valence-electron chi connectivity index (χ4n) is 7.41. The number of anilines is 2. The molecule has 0 spiro atoms. The van der Waals surface area contributed by atoms with Crippen molar-refractivity contribution in [3.8, 4) is 11.3 Å². The molecule has 2 saturated heterocycles. The number of aromatic nitrogens is 4. The van der Waals surface area contributed by atoms with E-state index in [9.17, 15) is 4.79 Å². The summed E-state index contributed by atoms with van der Waals surface area (Å²) in [4.78, 5) is 27.4. The standard InChI is InChI=1S/C37H40N6O3/c1-2-46-37(44)27-14-17-41(18-15-27)30-10-7-26(8-11-30)35-34(40-36-33(13-16-38-43(35)36)42-19-21-45-22-20-42)29-23-28(24-29)32-12-9-25-5-3-4-6-31(25)39-32/h3-13,16,27-29H,2,14-15,17-24H2,1H3. The number of para-hydroxylation sites is 1. The van der Waals surface area contributed by atoms with Crippen molar-refractivity contribution in [2.45, 2.75) is 44.4 Å². The summed E-state index contributed by atoms with van der Waals surface area (Å²) in [6.45, 7) is 7.13. The van der Waals surface area contributed by atoms with E-state index in [-0.39, 0.29) is 11.9 Å². The molecule has 1 saturated carbocycles. The molecule has 2 aromatic carbocycles. The normalized spacial score (nSPS) is 20.6. The zero-order chi connectivity index (χ0) is 31.0. The number of piperidine rings is 1. The Morgan fingerprint density at radius 1 is 0.870 bits per heavy atom. The lowest BCUT2D eigenvalue weighted by molar-refractivity contribution is -0.148. The van der Waals surface area contributed by atoms with E-state index in [1.54, 1.807) is 0 Å². The molecule has 236 valence electrons. The van der Waals surface area contributed by atoms with Crippen molar-refractivity contribution in [1.29, 1.82) is 0 Å². The fourth-order valence-corrected chi connectivity index (χ4v) is 7.41. The van der Waals surface area contributed by atoms with Gasteiger partial charge in [0.1, 0.15) is 0 Å². The van der Waals surface area contributed by atoms with Crippen molar-refractivity contribution in [1.82, 2.24) is 19.6 Å². The first-order valence-electron chi connectivity index (χ1n) is 16.7. The van der Waals surface area contributed by atoms with Crippen molar-refractivity contribution in [2.24, 2.45) is 5.92 Å².